The summed E-state index contributed by atoms with van der Waals surface area (Å²) in [5.41, 5.74) is 1.21. The van der Waals surface area contributed by atoms with Crippen LogP contribution >= 0.6 is 0 Å². The fourth-order valence-electron chi connectivity index (χ4n) is 3.83. The molecule has 1 unspecified atom stereocenters. The number of aromatic nitrogens is 2. The Morgan fingerprint density at radius 1 is 1.20 bits per heavy atom. The number of carbonyl (C=O) groups is 1. The Kier molecular flexibility index (Phi) is 6.07. The number of rotatable bonds is 6. The van der Waals surface area contributed by atoms with E-state index in [1.807, 2.05) is 23.1 Å². The van der Waals surface area contributed by atoms with Crippen LogP contribution in [-0.4, -0.2) is 40.1 Å². The van der Waals surface area contributed by atoms with E-state index in [0.717, 1.165) is 19.3 Å². The zero-order valence-electron chi connectivity index (χ0n) is 16.9. The smallest absolute Gasteiger partial charge is 0.258 e. The lowest BCUT2D eigenvalue weighted by molar-refractivity contribution is 0.0581. The standard InChI is InChI=1S/C23H24FN3O3/c1-16-25-22(30-26-16)20-7-2-3-8-21(20)23(28)27-14-5-4-6-18(27)13-15-29-19-11-9-17(24)10-12-19/h2-3,7-12,18H,4-6,13-15H2,1H3. The van der Waals surface area contributed by atoms with Gasteiger partial charge in [0.25, 0.3) is 11.8 Å². The second-order valence-electron chi connectivity index (χ2n) is 7.43. The molecule has 6 nitrogen and oxygen atoms in total. The Bertz CT molecular complexity index is 1000. The third-order valence-electron chi connectivity index (χ3n) is 5.34. The minimum Gasteiger partial charge on any atom is -0.494 e. The van der Waals surface area contributed by atoms with Gasteiger partial charge in [0.05, 0.1) is 17.7 Å². The number of hydrogen-bond acceptors (Lipinski definition) is 5. The number of aryl methyl sites for hydroxylation is 1. The molecule has 0 bridgehead atoms. The predicted octanol–water partition coefficient (Wildman–Crippen LogP) is 4.65. The van der Waals surface area contributed by atoms with Gasteiger partial charge in [0.1, 0.15) is 11.6 Å². The molecule has 3 aromatic rings. The minimum atomic E-state index is -0.290. The molecule has 2 aromatic carbocycles. The first-order chi connectivity index (χ1) is 14.6. The van der Waals surface area contributed by atoms with Gasteiger partial charge in [0.15, 0.2) is 5.82 Å². The zero-order chi connectivity index (χ0) is 20.9. The van der Waals surface area contributed by atoms with Gasteiger partial charge in [0, 0.05) is 19.0 Å². The molecule has 1 amide bonds. The van der Waals surface area contributed by atoms with Crippen molar-refractivity contribution in [2.24, 2.45) is 0 Å². The van der Waals surface area contributed by atoms with Crippen LogP contribution in [0.15, 0.2) is 53.1 Å². The second-order valence-corrected chi connectivity index (χ2v) is 7.43. The third kappa shape index (κ3) is 4.50. The fourth-order valence-corrected chi connectivity index (χ4v) is 3.83. The van der Waals surface area contributed by atoms with Crippen LogP contribution in [0.2, 0.25) is 0 Å². The number of carbonyl (C=O) groups excluding carboxylic acids is 1. The Hall–Kier alpha value is -3.22. The predicted molar refractivity (Wildman–Crippen MR) is 110 cm³/mol. The summed E-state index contributed by atoms with van der Waals surface area (Å²) in [5.74, 6) is 1.18. The summed E-state index contributed by atoms with van der Waals surface area (Å²) in [6.45, 7) is 2.92. The average molecular weight is 409 g/mol. The van der Waals surface area contributed by atoms with Crippen molar-refractivity contribution in [1.82, 2.24) is 15.0 Å². The van der Waals surface area contributed by atoms with E-state index in [1.54, 1.807) is 25.1 Å². The number of likely N-dealkylation sites (tertiary alicyclic amines) is 1. The molecule has 4 rings (SSSR count). The highest BCUT2D eigenvalue weighted by molar-refractivity contribution is 6.00. The first-order valence-corrected chi connectivity index (χ1v) is 10.2. The topological polar surface area (TPSA) is 68.5 Å². The van der Waals surface area contributed by atoms with Crippen LogP contribution in [0, 0.1) is 12.7 Å². The van der Waals surface area contributed by atoms with Crippen LogP contribution in [-0.2, 0) is 0 Å². The van der Waals surface area contributed by atoms with Gasteiger partial charge >= 0.3 is 0 Å². The van der Waals surface area contributed by atoms with Gasteiger partial charge in [-0.05, 0) is 62.6 Å². The molecular formula is C23H24FN3O3. The summed E-state index contributed by atoms with van der Waals surface area (Å²) in [4.78, 5) is 19.6. The first kappa shape index (κ1) is 20.1. The van der Waals surface area contributed by atoms with Gasteiger partial charge in [-0.2, -0.15) is 4.98 Å². The number of piperidine rings is 1. The largest absolute Gasteiger partial charge is 0.494 e. The number of nitrogens with zero attached hydrogens (tertiary/aromatic N) is 3. The van der Waals surface area contributed by atoms with Crippen LogP contribution in [0.4, 0.5) is 4.39 Å². The summed E-state index contributed by atoms with van der Waals surface area (Å²) < 4.78 is 24.1. The van der Waals surface area contributed by atoms with Gasteiger partial charge < -0.3 is 14.2 Å². The molecular weight excluding hydrogens is 385 g/mol. The molecule has 0 radical (unpaired) electrons. The Morgan fingerprint density at radius 3 is 2.77 bits per heavy atom. The number of hydrogen-bond donors (Lipinski definition) is 0. The van der Waals surface area contributed by atoms with Gasteiger partial charge in [-0.25, -0.2) is 4.39 Å². The van der Waals surface area contributed by atoms with E-state index in [0.29, 0.717) is 48.2 Å². The van der Waals surface area contributed by atoms with E-state index in [4.69, 9.17) is 9.26 Å². The number of amides is 1. The molecule has 7 heteroatoms. The third-order valence-corrected chi connectivity index (χ3v) is 5.34. The Balaban J connectivity index is 1.47. The van der Waals surface area contributed by atoms with Crippen LogP contribution in [0.1, 0.15) is 41.9 Å². The molecule has 1 aliphatic rings. The van der Waals surface area contributed by atoms with Crippen molar-refractivity contribution in [3.8, 4) is 17.2 Å². The van der Waals surface area contributed by atoms with Crippen molar-refractivity contribution in [3.05, 3.63) is 65.7 Å². The lowest BCUT2D eigenvalue weighted by atomic mass is 9.97. The maximum Gasteiger partial charge on any atom is 0.258 e. The summed E-state index contributed by atoms with van der Waals surface area (Å²) in [7, 11) is 0. The summed E-state index contributed by atoms with van der Waals surface area (Å²) in [5, 5.41) is 3.84. The summed E-state index contributed by atoms with van der Waals surface area (Å²) >= 11 is 0. The van der Waals surface area contributed by atoms with Gasteiger partial charge in [-0.1, -0.05) is 17.3 Å². The quantitative estimate of drug-likeness (QED) is 0.593. The van der Waals surface area contributed by atoms with E-state index < -0.39 is 0 Å². The van der Waals surface area contributed by atoms with E-state index in [9.17, 15) is 9.18 Å². The number of benzene rings is 2. The molecule has 0 N–H and O–H groups in total. The number of halogens is 1. The molecule has 2 heterocycles. The number of ether oxygens (including phenoxy) is 1. The lowest BCUT2D eigenvalue weighted by Gasteiger charge is -2.36. The highest BCUT2D eigenvalue weighted by Crippen LogP contribution is 2.27. The normalized spacial score (nSPS) is 16.5. The molecule has 1 fully saturated rings. The minimum absolute atomic E-state index is 0.0343. The molecule has 0 spiro atoms. The second kappa shape index (κ2) is 9.07. The van der Waals surface area contributed by atoms with Crippen molar-refractivity contribution in [2.75, 3.05) is 13.2 Å². The van der Waals surface area contributed by atoms with E-state index in [-0.39, 0.29) is 17.8 Å². The van der Waals surface area contributed by atoms with Gasteiger partial charge in [-0.3, -0.25) is 4.79 Å². The van der Waals surface area contributed by atoms with Crippen molar-refractivity contribution in [1.29, 1.82) is 0 Å². The Labute approximate surface area is 174 Å². The maximum absolute atomic E-state index is 13.4. The van der Waals surface area contributed by atoms with Gasteiger partial charge in [0.2, 0.25) is 0 Å². The van der Waals surface area contributed by atoms with Crippen LogP contribution < -0.4 is 4.74 Å². The fraction of sp³-hybridized carbons (Fsp3) is 0.348. The Morgan fingerprint density at radius 2 is 2.00 bits per heavy atom. The van der Waals surface area contributed by atoms with E-state index in [2.05, 4.69) is 10.1 Å². The summed E-state index contributed by atoms with van der Waals surface area (Å²) in [6, 6.07) is 13.4. The highest BCUT2D eigenvalue weighted by Gasteiger charge is 2.29. The SMILES string of the molecule is Cc1noc(-c2ccccc2C(=O)N2CCCCC2CCOc2ccc(F)cc2)n1. The zero-order valence-corrected chi connectivity index (χ0v) is 16.9. The van der Waals surface area contributed by atoms with Crippen molar-refractivity contribution in [3.63, 3.8) is 0 Å². The molecule has 30 heavy (non-hydrogen) atoms. The lowest BCUT2D eigenvalue weighted by Crippen LogP contribution is -2.44. The first-order valence-electron chi connectivity index (χ1n) is 10.2. The van der Waals surface area contributed by atoms with Crippen LogP contribution in [0.25, 0.3) is 11.5 Å². The van der Waals surface area contributed by atoms with Crippen LogP contribution in [0.5, 0.6) is 5.75 Å². The van der Waals surface area contributed by atoms with Crippen molar-refractivity contribution >= 4 is 5.91 Å². The van der Waals surface area contributed by atoms with Crippen molar-refractivity contribution < 1.29 is 18.4 Å². The molecule has 1 aliphatic heterocycles. The maximum atomic E-state index is 13.4. The van der Waals surface area contributed by atoms with Gasteiger partial charge in [-0.15, -0.1) is 0 Å². The average Bonchev–Trinajstić information content (AvgIpc) is 3.21. The highest BCUT2D eigenvalue weighted by atomic mass is 19.1. The molecule has 1 atom stereocenters. The van der Waals surface area contributed by atoms with E-state index in [1.165, 1.54) is 12.1 Å². The molecule has 0 saturated carbocycles. The van der Waals surface area contributed by atoms with E-state index >= 15 is 0 Å². The molecule has 1 aromatic heterocycles. The van der Waals surface area contributed by atoms with Crippen LogP contribution in [0.3, 0.4) is 0 Å². The molecule has 1 saturated heterocycles. The van der Waals surface area contributed by atoms with Crippen molar-refractivity contribution in [2.45, 2.75) is 38.6 Å². The summed E-state index contributed by atoms with van der Waals surface area (Å²) in [6.07, 6.45) is 3.70. The monoisotopic (exact) mass is 409 g/mol. The molecule has 156 valence electrons. The molecule has 0 aliphatic carbocycles.